The monoisotopic (exact) mass is 699 g/mol. The van der Waals surface area contributed by atoms with Crippen molar-refractivity contribution in [2.75, 3.05) is 0 Å². The molecule has 0 saturated heterocycles. The second-order valence-electron chi connectivity index (χ2n) is 19.9. The van der Waals surface area contributed by atoms with Crippen LogP contribution < -0.4 is 0 Å². The van der Waals surface area contributed by atoms with Crippen LogP contribution in [0.5, 0.6) is 0 Å². The summed E-state index contributed by atoms with van der Waals surface area (Å²) in [7, 11) is 0. The molecule has 4 aliphatic carbocycles. The highest BCUT2D eigenvalue weighted by atomic mass is 16.5. The molecule has 4 aliphatic rings. The smallest absolute Gasteiger partial charge is 0.306 e. The number of carbonyl (C=O) groups excluding carboxylic acids is 1. The van der Waals surface area contributed by atoms with Gasteiger partial charge < -0.3 is 14.9 Å². The molecular formula is C46H82O4. The van der Waals surface area contributed by atoms with Crippen molar-refractivity contribution in [3.05, 3.63) is 12.2 Å². The third-order valence-corrected chi connectivity index (χ3v) is 16.4. The molecule has 0 heterocycles. The fourth-order valence-corrected chi connectivity index (χ4v) is 13.0. The Morgan fingerprint density at radius 2 is 1.34 bits per heavy atom. The van der Waals surface area contributed by atoms with Gasteiger partial charge in [-0.3, -0.25) is 4.79 Å². The Balaban J connectivity index is 1.26. The molecule has 0 bridgehead atoms. The SMILES string of the molecule is C=C(C)C(O)CCC(C)(O)C1CCC2(C)C1CCC1C3(C)CCC(OC(=O)CCCCCCCCCCCCCCC)C(C)(C)C3CCC12C. The number of aliphatic hydroxyl groups excluding tert-OH is 1. The van der Waals surface area contributed by atoms with E-state index >= 15 is 0 Å². The van der Waals surface area contributed by atoms with Crippen LogP contribution in [0.2, 0.25) is 0 Å². The van der Waals surface area contributed by atoms with Crippen LogP contribution in [0.1, 0.15) is 209 Å². The zero-order valence-electron chi connectivity index (χ0n) is 34.4. The summed E-state index contributed by atoms with van der Waals surface area (Å²) in [4.78, 5) is 13.2. The van der Waals surface area contributed by atoms with Crippen molar-refractivity contribution >= 4 is 5.97 Å². The van der Waals surface area contributed by atoms with Gasteiger partial charge in [-0.2, -0.15) is 0 Å². The Bertz CT molecular complexity index is 1090. The van der Waals surface area contributed by atoms with Crippen molar-refractivity contribution in [3.8, 4) is 0 Å². The number of ether oxygens (including phenoxy) is 1. The van der Waals surface area contributed by atoms with E-state index < -0.39 is 11.7 Å². The van der Waals surface area contributed by atoms with Crippen LogP contribution in [0.4, 0.5) is 0 Å². The summed E-state index contributed by atoms with van der Waals surface area (Å²) in [6.45, 7) is 22.8. The van der Waals surface area contributed by atoms with Crippen LogP contribution >= 0.6 is 0 Å². The van der Waals surface area contributed by atoms with Gasteiger partial charge in [0.15, 0.2) is 0 Å². The van der Waals surface area contributed by atoms with Crippen molar-refractivity contribution < 1.29 is 19.7 Å². The van der Waals surface area contributed by atoms with E-state index in [1.165, 1.54) is 103 Å². The molecule has 4 rings (SSSR count). The lowest BCUT2D eigenvalue weighted by Gasteiger charge is -2.70. The van der Waals surface area contributed by atoms with Crippen molar-refractivity contribution in [2.24, 2.45) is 45.3 Å². The molecule has 0 radical (unpaired) electrons. The minimum atomic E-state index is -0.764. The van der Waals surface area contributed by atoms with Gasteiger partial charge in [-0.15, -0.1) is 0 Å². The maximum atomic E-state index is 13.2. The summed E-state index contributed by atoms with van der Waals surface area (Å²) >= 11 is 0. The molecule has 4 nitrogen and oxygen atoms in total. The molecule has 0 aliphatic heterocycles. The Kier molecular flexibility index (Phi) is 14.7. The second kappa shape index (κ2) is 17.5. The van der Waals surface area contributed by atoms with Crippen LogP contribution in [0.15, 0.2) is 12.2 Å². The van der Waals surface area contributed by atoms with Crippen LogP contribution in [0.25, 0.3) is 0 Å². The summed E-state index contributed by atoms with van der Waals surface area (Å²) in [5.74, 6) is 2.06. The molecule has 0 aromatic carbocycles. The minimum absolute atomic E-state index is 0.0202. The predicted molar refractivity (Wildman–Crippen MR) is 210 cm³/mol. The molecular weight excluding hydrogens is 617 g/mol. The maximum absolute atomic E-state index is 13.2. The first kappa shape index (κ1) is 41.9. The number of unbranched alkanes of at least 4 members (excludes halogenated alkanes) is 12. The lowest BCUT2D eigenvalue weighted by molar-refractivity contribution is -0.230. The summed E-state index contributed by atoms with van der Waals surface area (Å²) < 4.78 is 6.37. The largest absolute Gasteiger partial charge is 0.462 e. The Labute approximate surface area is 309 Å². The topological polar surface area (TPSA) is 66.8 Å². The van der Waals surface area contributed by atoms with E-state index in [0.29, 0.717) is 37.0 Å². The molecule has 10 atom stereocenters. The molecule has 4 saturated carbocycles. The summed E-state index contributed by atoms with van der Waals surface area (Å²) in [6.07, 6.45) is 27.7. The van der Waals surface area contributed by atoms with E-state index in [1.54, 1.807) is 0 Å². The Morgan fingerprint density at radius 1 is 0.780 bits per heavy atom. The highest BCUT2D eigenvalue weighted by Crippen LogP contribution is 2.76. The van der Waals surface area contributed by atoms with Crippen molar-refractivity contribution in [1.82, 2.24) is 0 Å². The predicted octanol–water partition coefficient (Wildman–Crippen LogP) is 12.5. The summed E-state index contributed by atoms with van der Waals surface area (Å²) in [5.41, 5.74) is 0.708. The molecule has 0 amide bonds. The number of hydrogen-bond donors (Lipinski definition) is 2. The molecule has 0 spiro atoms. The van der Waals surface area contributed by atoms with Crippen molar-refractivity contribution in [1.29, 1.82) is 0 Å². The van der Waals surface area contributed by atoms with Gasteiger partial charge in [-0.05, 0) is 124 Å². The standard InChI is InChI=1S/C46H82O4/c1-10-11-12-13-14-15-16-17-18-19-20-21-22-23-41(48)50-40-29-30-43(6)38(42(40,4)5)28-32-45(8)39(43)25-24-35-36(26-31-44(35,45)7)46(9,49)33-27-37(47)34(2)3/h35-40,47,49H,2,10-33H2,1,3-9H3. The first-order chi connectivity index (χ1) is 23.5. The maximum Gasteiger partial charge on any atom is 0.306 e. The quantitative estimate of drug-likeness (QED) is 0.0754. The van der Waals surface area contributed by atoms with Gasteiger partial charge in [-0.25, -0.2) is 0 Å². The number of esters is 1. The molecule has 0 aromatic heterocycles. The number of hydrogen-bond acceptors (Lipinski definition) is 4. The average Bonchev–Trinajstić information content (AvgIpc) is 3.42. The van der Waals surface area contributed by atoms with Crippen LogP contribution in [0.3, 0.4) is 0 Å². The van der Waals surface area contributed by atoms with Crippen LogP contribution in [-0.2, 0) is 9.53 Å². The molecule has 2 N–H and O–H groups in total. The van der Waals surface area contributed by atoms with Gasteiger partial charge in [-0.1, -0.05) is 131 Å². The number of fused-ring (bicyclic) bond motifs is 5. The van der Waals surface area contributed by atoms with Crippen molar-refractivity contribution in [2.45, 2.75) is 227 Å². The fourth-order valence-electron chi connectivity index (χ4n) is 13.0. The lowest BCUT2D eigenvalue weighted by atomic mass is 9.35. The van der Waals surface area contributed by atoms with Crippen molar-refractivity contribution in [3.63, 3.8) is 0 Å². The van der Waals surface area contributed by atoms with Gasteiger partial charge in [0.05, 0.1) is 11.7 Å². The lowest BCUT2D eigenvalue weighted by Crippen LogP contribution is -2.64. The second-order valence-corrected chi connectivity index (χ2v) is 19.9. The molecule has 10 unspecified atom stereocenters. The molecule has 4 heteroatoms. The first-order valence-electron chi connectivity index (χ1n) is 21.8. The van der Waals surface area contributed by atoms with E-state index in [0.717, 1.165) is 37.7 Å². The van der Waals surface area contributed by atoms with Gasteiger partial charge in [0.1, 0.15) is 6.10 Å². The van der Waals surface area contributed by atoms with Crippen LogP contribution in [-0.4, -0.2) is 34.0 Å². The van der Waals surface area contributed by atoms with Gasteiger partial charge >= 0.3 is 5.97 Å². The third kappa shape index (κ3) is 8.90. The average molecular weight is 699 g/mol. The van der Waals surface area contributed by atoms with E-state index in [4.69, 9.17) is 4.74 Å². The zero-order chi connectivity index (χ0) is 36.8. The van der Waals surface area contributed by atoms with Crippen LogP contribution in [0, 0.1) is 45.3 Å². The minimum Gasteiger partial charge on any atom is -0.462 e. The van der Waals surface area contributed by atoms with E-state index in [-0.39, 0.29) is 39.7 Å². The first-order valence-corrected chi connectivity index (χ1v) is 21.8. The molecule has 0 aromatic rings. The summed E-state index contributed by atoms with van der Waals surface area (Å²) in [6, 6.07) is 0. The third-order valence-electron chi connectivity index (χ3n) is 16.4. The number of aliphatic hydroxyl groups is 2. The Morgan fingerprint density at radius 3 is 1.92 bits per heavy atom. The van der Waals surface area contributed by atoms with E-state index in [9.17, 15) is 15.0 Å². The Hall–Kier alpha value is -0.870. The fraction of sp³-hybridized carbons (Fsp3) is 0.935. The van der Waals surface area contributed by atoms with Gasteiger partial charge in [0.2, 0.25) is 0 Å². The summed E-state index contributed by atoms with van der Waals surface area (Å²) in [5, 5.41) is 22.3. The van der Waals surface area contributed by atoms with Gasteiger partial charge in [0, 0.05) is 11.8 Å². The zero-order valence-corrected chi connectivity index (χ0v) is 34.4. The number of carbonyl (C=O) groups is 1. The normalized spacial score (nSPS) is 36.5. The van der Waals surface area contributed by atoms with Gasteiger partial charge in [0.25, 0.3) is 0 Å². The molecule has 290 valence electrons. The van der Waals surface area contributed by atoms with E-state index in [1.807, 2.05) is 13.8 Å². The highest BCUT2D eigenvalue weighted by molar-refractivity contribution is 5.69. The number of rotatable bonds is 20. The highest BCUT2D eigenvalue weighted by Gasteiger charge is 2.69. The molecule has 4 fully saturated rings. The molecule has 50 heavy (non-hydrogen) atoms. The van der Waals surface area contributed by atoms with E-state index in [2.05, 4.69) is 48.1 Å².